The van der Waals surface area contributed by atoms with Crippen molar-refractivity contribution in [1.82, 2.24) is 4.90 Å². The van der Waals surface area contributed by atoms with E-state index in [-0.39, 0.29) is 6.04 Å². The minimum Gasteiger partial charge on any atom is -0.479 e. The molecule has 11 heavy (non-hydrogen) atoms. The fourth-order valence-electron chi connectivity index (χ4n) is 1.34. The summed E-state index contributed by atoms with van der Waals surface area (Å²) in [5.74, 6) is -0.860. The van der Waals surface area contributed by atoms with Crippen molar-refractivity contribution >= 4 is 5.97 Å². The highest BCUT2D eigenvalue weighted by Crippen LogP contribution is 2.17. The van der Waals surface area contributed by atoms with Crippen LogP contribution in [0.5, 0.6) is 0 Å². The zero-order chi connectivity index (χ0) is 8.43. The molecule has 1 aliphatic rings. The SMILES string of the molecule is CN(C)C1CCOC1C(=O)O. The number of rotatable bonds is 2. The molecule has 0 amide bonds. The quantitative estimate of drug-likeness (QED) is 0.605. The van der Waals surface area contributed by atoms with Crippen LogP contribution < -0.4 is 0 Å². The molecule has 0 bridgehead atoms. The molecule has 1 rings (SSSR count). The van der Waals surface area contributed by atoms with E-state index in [1.807, 2.05) is 19.0 Å². The number of carboxylic acid groups (broad SMARTS) is 1. The number of carbonyl (C=O) groups is 1. The fourth-order valence-corrected chi connectivity index (χ4v) is 1.34. The standard InChI is InChI=1S/C7H13NO3/c1-8(2)5-3-4-11-6(5)7(9)10/h5-6H,3-4H2,1-2H3,(H,9,10). The summed E-state index contributed by atoms with van der Waals surface area (Å²) in [6.45, 7) is 0.555. The second-order valence-corrected chi connectivity index (χ2v) is 2.95. The van der Waals surface area contributed by atoms with E-state index < -0.39 is 12.1 Å². The van der Waals surface area contributed by atoms with Crippen molar-refractivity contribution in [1.29, 1.82) is 0 Å². The summed E-state index contributed by atoms with van der Waals surface area (Å²) in [4.78, 5) is 12.5. The molecule has 0 spiro atoms. The maximum absolute atomic E-state index is 10.6. The molecule has 2 atom stereocenters. The molecule has 2 unspecified atom stereocenters. The third-order valence-electron chi connectivity index (χ3n) is 1.97. The zero-order valence-electron chi connectivity index (χ0n) is 6.78. The first-order valence-electron chi connectivity index (χ1n) is 3.63. The van der Waals surface area contributed by atoms with Gasteiger partial charge in [0, 0.05) is 12.6 Å². The van der Waals surface area contributed by atoms with Gasteiger partial charge in [-0.05, 0) is 20.5 Å². The van der Waals surface area contributed by atoms with Gasteiger partial charge in [0.05, 0.1) is 0 Å². The van der Waals surface area contributed by atoms with Gasteiger partial charge in [-0.3, -0.25) is 0 Å². The van der Waals surface area contributed by atoms with E-state index >= 15 is 0 Å². The summed E-state index contributed by atoms with van der Waals surface area (Å²) in [7, 11) is 3.74. The van der Waals surface area contributed by atoms with E-state index in [4.69, 9.17) is 9.84 Å². The number of aliphatic carboxylic acids is 1. The van der Waals surface area contributed by atoms with Crippen LogP contribution in [-0.4, -0.2) is 48.8 Å². The van der Waals surface area contributed by atoms with Crippen molar-refractivity contribution in [3.8, 4) is 0 Å². The summed E-state index contributed by atoms with van der Waals surface area (Å²) < 4.78 is 5.05. The van der Waals surface area contributed by atoms with Crippen molar-refractivity contribution in [2.75, 3.05) is 20.7 Å². The lowest BCUT2D eigenvalue weighted by molar-refractivity contribution is -0.149. The van der Waals surface area contributed by atoms with Crippen LogP contribution in [0.3, 0.4) is 0 Å². The summed E-state index contributed by atoms with van der Waals surface area (Å²) in [5, 5.41) is 8.68. The Bertz CT molecular complexity index is 158. The van der Waals surface area contributed by atoms with Crippen molar-refractivity contribution < 1.29 is 14.6 Å². The molecule has 0 aromatic heterocycles. The van der Waals surface area contributed by atoms with Crippen LogP contribution in [0, 0.1) is 0 Å². The van der Waals surface area contributed by atoms with Crippen LogP contribution in [0.15, 0.2) is 0 Å². The first-order valence-corrected chi connectivity index (χ1v) is 3.63. The van der Waals surface area contributed by atoms with Gasteiger partial charge in [-0.2, -0.15) is 0 Å². The van der Waals surface area contributed by atoms with Gasteiger partial charge in [-0.1, -0.05) is 0 Å². The number of ether oxygens (including phenoxy) is 1. The van der Waals surface area contributed by atoms with E-state index in [9.17, 15) is 4.79 Å². The Morgan fingerprint density at radius 3 is 2.64 bits per heavy atom. The lowest BCUT2D eigenvalue weighted by Gasteiger charge is -2.21. The molecule has 0 saturated carbocycles. The van der Waals surface area contributed by atoms with E-state index in [2.05, 4.69) is 0 Å². The Kier molecular flexibility index (Phi) is 2.46. The van der Waals surface area contributed by atoms with Crippen molar-refractivity contribution in [2.24, 2.45) is 0 Å². The average Bonchev–Trinajstić information content (AvgIpc) is 2.32. The molecule has 1 fully saturated rings. The lowest BCUT2D eigenvalue weighted by atomic mass is 10.1. The van der Waals surface area contributed by atoms with Gasteiger partial charge < -0.3 is 14.7 Å². The number of hydrogen-bond donors (Lipinski definition) is 1. The van der Waals surface area contributed by atoms with Gasteiger partial charge in [-0.15, -0.1) is 0 Å². The van der Waals surface area contributed by atoms with E-state index in [0.717, 1.165) is 6.42 Å². The van der Waals surface area contributed by atoms with Gasteiger partial charge in [-0.25, -0.2) is 4.79 Å². The van der Waals surface area contributed by atoms with Crippen molar-refractivity contribution in [2.45, 2.75) is 18.6 Å². The van der Waals surface area contributed by atoms with Gasteiger partial charge in [0.1, 0.15) is 0 Å². The minimum atomic E-state index is -0.860. The Morgan fingerprint density at radius 1 is 1.64 bits per heavy atom. The van der Waals surface area contributed by atoms with E-state index in [0.29, 0.717) is 6.61 Å². The Labute approximate surface area is 65.8 Å². The highest BCUT2D eigenvalue weighted by Gasteiger charge is 2.35. The van der Waals surface area contributed by atoms with Crippen LogP contribution in [0.2, 0.25) is 0 Å². The Morgan fingerprint density at radius 2 is 2.27 bits per heavy atom. The molecule has 4 heteroatoms. The molecule has 1 N–H and O–H groups in total. The van der Waals surface area contributed by atoms with E-state index in [1.165, 1.54) is 0 Å². The highest BCUT2D eigenvalue weighted by molar-refractivity contribution is 5.73. The molecule has 0 radical (unpaired) electrons. The third kappa shape index (κ3) is 1.70. The maximum atomic E-state index is 10.6. The van der Waals surface area contributed by atoms with Crippen LogP contribution in [0.1, 0.15) is 6.42 Å². The van der Waals surface area contributed by atoms with E-state index in [1.54, 1.807) is 0 Å². The minimum absolute atomic E-state index is 0.0347. The second-order valence-electron chi connectivity index (χ2n) is 2.95. The number of likely N-dealkylation sites (N-methyl/N-ethyl adjacent to an activating group) is 1. The van der Waals surface area contributed by atoms with Crippen LogP contribution in [0.25, 0.3) is 0 Å². The van der Waals surface area contributed by atoms with Crippen molar-refractivity contribution in [3.63, 3.8) is 0 Å². The van der Waals surface area contributed by atoms with Crippen LogP contribution >= 0.6 is 0 Å². The summed E-state index contributed by atoms with van der Waals surface area (Å²) in [6.07, 6.45) is 0.175. The molecule has 1 aliphatic heterocycles. The molecule has 4 nitrogen and oxygen atoms in total. The molecule has 0 aromatic rings. The zero-order valence-corrected chi connectivity index (χ0v) is 6.78. The lowest BCUT2D eigenvalue weighted by Crippen LogP contribution is -2.40. The van der Waals surface area contributed by atoms with Crippen molar-refractivity contribution in [3.05, 3.63) is 0 Å². The molecule has 1 saturated heterocycles. The monoisotopic (exact) mass is 159 g/mol. The molecule has 0 aliphatic carbocycles. The average molecular weight is 159 g/mol. The fraction of sp³-hybridized carbons (Fsp3) is 0.857. The molecule has 64 valence electrons. The Balaban J connectivity index is 2.58. The normalized spacial score (nSPS) is 31.2. The Hall–Kier alpha value is -0.610. The summed E-state index contributed by atoms with van der Waals surface area (Å²) in [6, 6.07) is 0.0347. The van der Waals surface area contributed by atoms with Gasteiger partial charge in [0.2, 0.25) is 0 Å². The smallest absolute Gasteiger partial charge is 0.334 e. The maximum Gasteiger partial charge on any atom is 0.334 e. The van der Waals surface area contributed by atoms with Crippen LogP contribution in [0.4, 0.5) is 0 Å². The summed E-state index contributed by atoms with van der Waals surface area (Å²) >= 11 is 0. The molecule has 0 aromatic carbocycles. The number of nitrogens with zero attached hydrogens (tertiary/aromatic N) is 1. The van der Waals surface area contributed by atoms with Gasteiger partial charge in [0.15, 0.2) is 6.10 Å². The topological polar surface area (TPSA) is 49.8 Å². The first-order chi connectivity index (χ1) is 5.13. The van der Waals surface area contributed by atoms with Gasteiger partial charge >= 0.3 is 5.97 Å². The third-order valence-corrected chi connectivity index (χ3v) is 1.97. The largest absolute Gasteiger partial charge is 0.479 e. The van der Waals surface area contributed by atoms with Crippen LogP contribution in [-0.2, 0) is 9.53 Å². The second kappa shape index (κ2) is 3.19. The van der Waals surface area contributed by atoms with Gasteiger partial charge in [0.25, 0.3) is 0 Å². The molecular formula is C7H13NO3. The predicted molar refractivity (Wildman–Crippen MR) is 39.5 cm³/mol. The molecular weight excluding hydrogens is 146 g/mol. The predicted octanol–water partition coefficient (Wildman–Crippen LogP) is -0.210. The highest BCUT2D eigenvalue weighted by atomic mass is 16.5. The first kappa shape index (κ1) is 8.49. The molecule has 1 heterocycles. The number of hydrogen-bond acceptors (Lipinski definition) is 3. The summed E-state index contributed by atoms with van der Waals surface area (Å²) in [5.41, 5.74) is 0. The number of carboxylic acids is 1.